The van der Waals surface area contributed by atoms with Crippen molar-refractivity contribution in [2.75, 3.05) is 13.1 Å². The first-order valence-corrected chi connectivity index (χ1v) is 9.95. The Bertz CT molecular complexity index is 655. The molecule has 1 saturated heterocycles. The van der Waals surface area contributed by atoms with Crippen LogP contribution in [0.3, 0.4) is 0 Å². The van der Waals surface area contributed by atoms with Gasteiger partial charge in [0.05, 0.1) is 12.5 Å². The Labute approximate surface area is 160 Å². The van der Waals surface area contributed by atoms with Crippen LogP contribution in [-0.2, 0) is 4.79 Å². The lowest BCUT2D eigenvalue weighted by Crippen LogP contribution is -2.44. The molecule has 2 atom stereocenters. The lowest BCUT2D eigenvalue weighted by atomic mass is 10.1. The van der Waals surface area contributed by atoms with E-state index >= 15 is 0 Å². The first-order valence-electron chi connectivity index (χ1n) is 9.95. The second kappa shape index (κ2) is 8.74. The summed E-state index contributed by atoms with van der Waals surface area (Å²) in [5.41, 5.74) is 0.611. The van der Waals surface area contributed by atoms with Gasteiger partial charge in [-0.2, -0.15) is 0 Å². The average Bonchev–Trinajstić information content (AvgIpc) is 3.35. The Balaban J connectivity index is 1.54. The van der Waals surface area contributed by atoms with Gasteiger partial charge in [-0.1, -0.05) is 0 Å². The maximum absolute atomic E-state index is 12.5. The highest BCUT2D eigenvalue weighted by Crippen LogP contribution is 2.35. The van der Waals surface area contributed by atoms with Gasteiger partial charge in [0.25, 0.3) is 5.91 Å². The second-order valence-electron chi connectivity index (χ2n) is 8.02. The highest BCUT2D eigenvalue weighted by molar-refractivity contribution is 5.94. The van der Waals surface area contributed by atoms with Crippen LogP contribution >= 0.6 is 0 Å². The van der Waals surface area contributed by atoms with Gasteiger partial charge in [0, 0.05) is 30.7 Å². The molecule has 2 aliphatic rings. The summed E-state index contributed by atoms with van der Waals surface area (Å²) in [6.07, 6.45) is 4.59. The van der Waals surface area contributed by atoms with Gasteiger partial charge in [0.2, 0.25) is 0 Å². The molecule has 27 heavy (non-hydrogen) atoms. The third kappa shape index (κ3) is 5.70. The van der Waals surface area contributed by atoms with Crippen molar-refractivity contribution in [1.29, 1.82) is 0 Å². The van der Waals surface area contributed by atoms with E-state index in [2.05, 4.69) is 10.2 Å². The number of hydrogen-bond donors (Lipinski definition) is 2. The molecule has 1 heterocycles. The molecule has 1 aromatic carbocycles. The Kier molecular flexibility index (Phi) is 6.37. The third-order valence-corrected chi connectivity index (χ3v) is 5.33. The van der Waals surface area contributed by atoms with Crippen molar-refractivity contribution in [3.63, 3.8) is 0 Å². The molecule has 2 N–H and O–H groups in total. The molecule has 1 saturated carbocycles. The smallest absolute Gasteiger partial charge is 0.304 e. The van der Waals surface area contributed by atoms with E-state index in [1.54, 1.807) is 12.1 Å². The van der Waals surface area contributed by atoms with Crippen LogP contribution < -0.4 is 10.1 Å². The SMILES string of the molecule is CC(C)Oc1ccc(C(=O)NC[C@@H]2CC[C@H](CC(=O)O)N2CC2CC2)cc1. The monoisotopic (exact) mass is 374 g/mol. The zero-order chi connectivity index (χ0) is 19.4. The third-order valence-electron chi connectivity index (χ3n) is 5.33. The summed E-state index contributed by atoms with van der Waals surface area (Å²) in [5.74, 6) is 0.615. The number of rotatable bonds is 9. The van der Waals surface area contributed by atoms with Crippen LogP contribution in [0.25, 0.3) is 0 Å². The molecule has 1 aliphatic heterocycles. The van der Waals surface area contributed by atoms with Gasteiger partial charge in [-0.05, 0) is 69.7 Å². The minimum atomic E-state index is -0.741. The highest BCUT2D eigenvalue weighted by atomic mass is 16.5. The molecule has 6 heteroatoms. The van der Waals surface area contributed by atoms with Crippen molar-refractivity contribution in [2.24, 2.45) is 5.92 Å². The van der Waals surface area contributed by atoms with Gasteiger partial charge in [-0.15, -0.1) is 0 Å². The Hall–Kier alpha value is -2.08. The molecule has 0 spiro atoms. The highest BCUT2D eigenvalue weighted by Gasteiger charge is 2.37. The molecule has 148 valence electrons. The molecule has 0 aromatic heterocycles. The lowest BCUT2D eigenvalue weighted by molar-refractivity contribution is -0.138. The average molecular weight is 374 g/mol. The molecule has 0 unspecified atom stereocenters. The fourth-order valence-corrected chi connectivity index (χ4v) is 3.82. The number of hydrogen-bond acceptors (Lipinski definition) is 4. The second-order valence-corrected chi connectivity index (χ2v) is 8.02. The molecule has 0 bridgehead atoms. The number of carboxylic acid groups (broad SMARTS) is 1. The van der Waals surface area contributed by atoms with Gasteiger partial charge >= 0.3 is 5.97 Å². The quantitative estimate of drug-likeness (QED) is 0.695. The number of carbonyl (C=O) groups is 2. The first-order chi connectivity index (χ1) is 12.9. The Morgan fingerprint density at radius 1 is 1.15 bits per heavy atom. The number of benzene rings is 1. The summed E-state index contributed by atoms with van der Waals surface area (Å²) in [7, 11) is 0. The van der Waals surface area contributed by atoms with Crippen LogP contribution in [0, 0.1) is 5.92 Å². The fraction of sp³-hybridized carbons (Fsp3) is 0.619. The minimum absolute atomic E-state index is 0.0949. The molecular weight excluding hydrogens is 344 g/mol. The number of carbonyl (C=O) groups excluding carboxylic acids is 1. The van der Waals surface area contributed by atoms with Crippen molar-refractivity contribution in [2.45, 2.75) is 64.1 Å². The van der Waals surface area contributed by atoms with Crippen molar-refractivity contribution in [3.05, 3.63) is 29.8 Å². The topological polar surface area (TPSA) is 78.9 Å². The number of likely N-dealkylation sites (tertiary alicyclic amines) is 1. The van der Waals surface area contributed by atoms with Gasteiger partial charge in [-0.25, -0.2) is 0 Å². The van der Waals surface area contributed by atoms with E-state index in [0.717, 1.165) is 25.1 Å². The van der Waals surface area contributed by atoms with E-state index < -0.39 is 5.97 Å². The van der Waals surface area contributed by atoms with Gasteiger partial charge in [0.15, 0.2) is 0 Å². The summed E-state index contributed by atoms with van der Waals surface area (Å²) < 4.78 is 5.60. The maximum Gasteiger partial charge on any atom is 0.304 e. The summed E-state index contributed by atoms with van der Waals surface area (Å²) in [6, 6.07) is 7.49. The van der Waals surface area contributed by atoms with Gasteiger partial charge < -0.3 is 15.2 Å². The zero-order valence-corrected chi connectivity index (χ0v) is 16.2. The number of nitrogens with zero attached hydrogens (tertiary/aromatic N) is 1. The predicted molar refractivity (Wildman–Crippen MR) is 103 cm³/mol. The minimum Gasteiger partial charge on any atom is -0.491 e. The van der Waals surface area contributed by atoms with E-state index in [1.165, 1.54) is 12.8 Å². The Morgan fingerprint density at radius 3 is 2.41 bits per heavy atom. The molecular formula is C21H30N2O4. The van der Waals surface area contributed by atoms with E-state index in [4.69, 9.17) is 9.84 Å². The van der Waals surface area contributed by atoms with Crippen LogP contribution in [0.15, 0.2) is 24.3 Å². The van der Waals surface area contributed by atoms with E-state index in [0.29, 0.717) is 18.0 Å². The van der Waals surface area contributed by atoms with Crippen molar-refractivity contribution in [3.8, 4) is 5.75 Å². The van der Waals surface area contributed by atoms with Crippen LogP contribution in [0.1, 0.15) is 56.3 Å². The summed E-state index contributed by atoms with van der Waals surface area (Å²) in [4.78, 5) is 25.9. The molecule has 1 aliphatic carbocycles. The van der Waals surface area contributed by atoms with Crippen molar-refractivity contribution < 1.29 is 19.4 Å². The van der Waals surface area contributed by atoms with Crippen molar-refractivity contribution in [1.82, 2.24) is 10.2 Å². The van der Waals surface area contributed by atoms with E-state index in [1.807, 2.05) is 26.0 Å². The molecule has 3 rings (SSSR count). The molecule has 6 nitrogen and oxygen atoms in total. The molecule has 2 fully saturated rings. The molecule has 1 aromatic rings. The van der Waals surface area contributed by atoms with E-state index in [-0.39, 0.29) is 30.5 Å². The number of carboxylic acids is 1. The lowest BCUT2D eigenvalue weighted by Gasteiger charge is -2.29. The molecule has 1 amide bonds. The van der Waals surface area contributed by atoms with Crippen LogP contribution in [0.5, 0.6) is 5.75 Å². The normalized spacial score (nSPS) is 22.8. The number of ether oxygens (including phenoxy) is 1. The van der Waals surface area contributed by atoms with Gasteiger partial charge in [-0.3, -0.25) is 14.5 Å². The summed E-state index contributed by atoms with van der Waals surface area (Å²) in [6.45, 7) is 5.45. The van der Waals surface area contributed by atoms with Crippen LogP contribution in [0.2, 0.25) is 0 Å². The fourth-order valence-electron chi connectivity index (χ4n) is 3.82. The number of aliphatic carboxylic acids is 1. The zero-order valence-electron chi connectivity index (χ0n) is 16.2. The van der Waals surface area contributed by atoms with E-state index in [9.17, 15) is 9.59 Å². The standard InChI is InChI=1S/C21H30N2O4/c1-14(2)27-19-9-5-16(6-10-19)21(26)22-12-18-8-7-17(11-20(24)25)23(18)13-15-3-4-15/h5-6,9-10,14-15,17-18H,3-4,7-8,11-13H2,1-2H3,(H,22,26)(H,24,25)/t17-,18+/m1/s1. The maximum atomic E-state index is 12.5. The number of nitrogens with one attached hydrogen (secondary N) is 1. The van der Waals surface area contributed by atoms with Crippen LogP contribution in [0.4, 0.5) is 0 Å². The van der Waals surface area contributed by atoms with Crippen LogP contribution in [-0.4, -0.2) is 53.2 Å². The number of amides is 1. The Morgan fingerprint density at radius 2 is 1.81 bits per heavy atom. The van der Waals surface area contributed by atoms with Gasteiger partial charge in [0.1, 0.15) is 5.75 Å². The predicted octanol–water partition coefficient (Wildman–Crippen LogP) is 2.92. The molecule has 0 radical (unpaired) electrons. The first kappa shape index (κ1) is 19.7. The van der Waals surface area contributed by atoms with Crippen molar-refractivity contribution >= 4 is 11.9 Å². The largest absolute Gasteiger partial charge is 0.491 e. The summed E-state index contributed by atoms with van der Waals surface area (Å²) >= 11 is 0. The summed E-state index contributed by atoms with van der Waals surface area (Å²) in [5, 5.41) is 12.2.